The van der Waals surface area contributed by atoms with E-state index in [0.29, 0.717) is 13.1 Å². The molecule has 0 saturated heterocycles. The van der Waals surface area contributed by atoms with Crippen molar-refractivity contribution in [3.8, 4) is 0 Å². The van der Waals surface area contributed by atoms with Gasteiger partial charge in [-0.25, -0.2) is 0 Å². The molecular formula is C13H29N3O2. The van der Waals surface area contributed by atoms with Gasteiger partial charge in [-0.05, 0) is 41.8 Å². The molecule has 0 aromatic carbocycles. The SMILES string of the molecule is CCN(CC)C(=O)C(C)NCC(C)(O)CN(C)C. The van der Waals surface area contributed by atoms with E-state index in [9.17, 15) is 9.90 Å². The smallest absolute Gasteiger partial charge is 0.239 e. The van der Waals surface area contributed by atoms with Crippen LogP contribution in [0.5, 0.6) is 0 Å². The van der Waals surface area contributed by atoms with Crippen LogP contribution in [0, 0.1) is 0 Å². The van der Waals surface area contributed by atoms with E-state index in [-0.39, 0.29) is 11.9 Å². The van der Waals surface area contributed by atoms with Crippen LogP contribution in [0.15, 0.2) is 0 Å². The maximum atomic E-state index is 12.0. The lowest BCUT2D eigenvalue weighted by Gasteiger charge is -2.30. The number of carbonyl (C=O) groups excluding carboxylic acids is 1. The summed E-state index contributed by atoms with van der Waals surface area (Å²) in [6.07, 6.45) is 0. The number of carbonyl (C=O) groups is 1. The standard InChI is InChI=1S/C13H29N3O2/c1-7-16(8-2)12(17)11(3)14-9-13(4,18)10-15(5)6/h11,14,18H,7-10H2,1-6H3. The zero-order valence-corrected chi connectivity index (χ0v) is 12.7. The third-order valence-electron chi connectivity index (χ3n) is 2.89. The first-order valence-electron chi connectivity index (χ1n) is 6.62. The van der Waals surface area contributed by atoms with Crippen molar-refractivity contribution in [3.63, 3.8) is 0 Å². The lowest BCUT2D eigenvalue weighted by molar-refractivity contribution is -0.132. The topological polar surface area (TPSA) is 55.8 Å². The van der Waals surface area contributed by atoms with Gasteiger partial charge in [0.15, 0.2) is 0 Å². The van der Waals surface area contributed by atoms with Gasteiger partial charge in [0.2, 0.25) is 5.91 Å². The third-order valence-corrected chi connectivity index (χ3v) is 2.89. The van der Waals surface area contributed by atoms with Crippen molar-refractivity contribution in [1.29, 1.82) is 0 Å². The fourth-order valence-corrected chi connectivity index (χ4v) is 2.01. The second kappa shape index (κ2) is 7.71. The summed E-state index contributed by atoms with van der Waals surface area (Å²) in [7, 11) is 3.83. The normalized spacial score (nSPS) is 16.4. The Labute approximate surface area is 111 Å². The highest BCUT2D eigenvalue weighted by Gasteiger charge is 2.24. The zero-order chi connectivity index (χ0) is 14.3. The van der Waals surface area contributed by atoms with Gasteiger partial charge in [0.05, 0.1) is 11.6 Å². The van der Waals surface area contributed by atoms with Gasteiger partial charge in [-0.2, -0.15) is 0 Å². The molecule has 0 spiro atoms. The van der Waals surface area contributed by atoms with Gasteiger partial charge in [-0.15, -0.1) is 0 Å². The van der Waals surface area contributed by atoms with Crippen molar-refractivity contribution >= 4 is 5.91 Å². The van der Waals surface area contributed by atoms with Crippen LogP contribution in [0.2, 0.25) is 0 Å². The van der Waals surface area contributed by atoms with Crippen LogP contribution in [0.3, 0.4) is 0 Å². The van der Waals surface area contributed by atoms with E-state index in [1.807, 2.05) is 39.8 Å². The van der Waals surface area contributed by atoms with E-state index in [1.54, 1.807) is 11.8 Å². The summed E-state index contributed by atoms with van der Waals surface area (Å²) < 4.78 is 0. The summed E-state index contributed by atoms with van der Waals surface area (Å²) in [6, 6.07) is -0.265. The van der Waals surface area contributed by atoms with Crippen LogP contribution >= 0.6 is 0 Å². The van der Waals surface area contributed by atoms with Crippen molar-refractivity contribution in [3.05, 3.63) is 0 Å². The van der Waals surface area contributed by atoms with Crippen molar-refractivity contribution in [2.75, 3.05) is 40.3 Å². The number of likely N-dealkylation sites (N-methyl/N-ethyl adjacent to an activating group) is 2. The Balaban J connectivity index is 4.24. The minimum absolute atomic E-state index is 0.0839. The molecule has 0 aromatic rings. The van der Waals surface area contributed by atoms with E-state index < -0.39 is 5.60 Å². The first-order valence-corrected chi connectivity index (χ1v) is 6.62. The Morgan fingerprint density at radius 2 is 1.83 bits per heavy atom. The van der Waals surface area contributed by atoms with Gasteiger partial charge >= 0.3 is 0 Å². The molecule has 1 amide bonds. The van der Waals surface area contributed by atoms with Crippen LogP contribution < -0.4 is 5.32 Å². The monoisotopic (exact) mass is 259 g/mol. The molecule has 0 fully saturated rings. The van der Waals surface area contributed by atoms with Crippen molar-refractivity contribution < 1.29 is 9.90 Å². The zero-order valence-electron chi connectivity index (χ0n) is 12.7. The minimum Gasteiger partial charge on any atom is -0.388 e. The Morgan fingerprint density at radius 3 is 2.22 bits per heavy atom. The van der Waals surface area contributed by atoms with Crippen LogP contribution in [0.1, 0.15) is 27.7 Å². The quantitative estimate of drug-likeness (QED) is 0.651. The van der Waals surface area contributed by atoms with Crippen molar-refractivity contribution in [2.45, 2.75) is 39.3 Å². The molecule has 0 bridgehead atoms. The van der Waals surface area contributed by atoms with E-state index in [1.165, 1.54) is 0 Å². The molecule has 18 heavy (non-hydrogen) atoms. The lowest BCUT2D eigenvalue weighted by atomic mass is 10.1. The fraction of sp³-hybridized carbons (Fsp3) is 0.923. The number of amides is 1. The molecule has 5 heteroatoms. The Hall–Kier alpha value is -0.650. The second-order valence-corrected chi connectivity index (χ2v) is 5.35. The van der Waals surface area contributed by atoms with Gasteiger partial charge in [0, 0.05) is 26.2 Å². The summed E-state index contributed by atoms with van der Waals surface area (Å²) in [4.78, 5) is 15.7. The van der Waals surface area contributed by atoms with E-state index in [2.05, 4.69) is 5.32 Å². The number of nitrogens with zero attached hydrogens (tertiary/aromatic N) is 2. The molecule has 0 radical (unpaired) electrons. The maximum Gasteiger partial charge on any atom is 0.239 e. The summed E-state index contributed by atoms with van der Waals surface area (Å²) in [6.45, 7) is 9.95. The molecule has 0 aliphatic rings. The average Bonchev–Trinajstić information content (AvgIpc) is 2.25. The largest absolute Gasteiger partial charge is 0.388 e. The van der Waals surface area contributed by atoms with Crippen LogP contribution in [-0.2, 0) is 4.79 Å². The lowest BCUT2D eigenvalue weighted by Crippen LogP contribution is -2.52. The number of nitrogens with one attached hydrogen (secondary N) is 1. The van der Waals surface area contributed by atoms with E-state index in [4.69, 9.17) is 0 Å². The molecule has 2 atom stereocenters. The highest BCUT2D eigenvalue weighted by atomic mass is 16.3. The molecule has 0 aliphatic heterocycles. The summed E-state index contributed by atoms with van der Waals surface area (Å²) >= 11 is 0. The molecule has 0 aromatic heterocycles. The van der Waals surface area contributed by atoms with Crippen LogP contribution in [0.25, 0.3) is 0 Å². The predicted molar refractivity (Wildman–Crippen MR) is 74.6 cm³/mol. The fourth-order valence-electron chi connectivity index (χ4n) is 2.01. The molecule has 108 valence electrons. The van der Waals surface area contributed by atoms with Gasteiger partial charge < -0.3 is 20.2 Å². The Kier molecular flexibility index (Phi) is 7.43. The van der Waals surface area contributed by atoms with Gasteiger partial charge in [0.1, 0.15) is 0 Å². The molecule has 0 heterocycles. The molecule has 0 saturated carbocycles. The molecule has 2 unspecified atom stereocenters. The molecule has 5 nitrogen and oxygen atoms in total. The predicted octanol–water partition coefficient (Wildman–Crippen LogP) is 0.146. The number of hydrogen-bond donors (Lipinski definition) is 2. The number of aliphatic hydroxyl groups is 1. The molecular weight excluding hydrogens is 230 g/mol. The highest BCUT2D eigenvalue weighted by molar-refractivity contribution is 5.81. The van der Waals surface area contributed by atoms with E-state index >= 15 is 0 Å². The number of rotatable bonds is 8. The van der Waals surface area contributed by atoms with E-state index in [0.717, 1.165) is 13.1 Å². The molecule has 0 aliphatic carbocycles. The molecule has 2 N–H and O–H groups in total. The van der Waals surface area contributed by atoms with Gasteiger partial charge in [-0.3, -0.25) is 4.79 Å². The Morgan fingerprint density at radius 1 is 1.33 bits per heavy atom. The highest BCUT2D eigenvalue weighted by Crippen LogP contribution is 2.04. The summed E-state index contributed by atoms with van der Waals surface area (Å²) in [5, 5.41) is 13.2. The third kappa shape index (κ3) is 6.33. The number of hydrogen-bond acceptors (Lipinski definition) is 4. The van der Waals surface area contributed by atoms with Crippen molar-refractivity contribution in [1.82, 2.24) is 15.1 Å². The minimum atomic E-state index is -0.832. The van der Waals surface area contributed by atoms with Gasteiger partial charge in [-0.1, -0.05) is 0 Å². The first-order chi connectivity index (χ1) is 8.23. The van der Waals surface area contributed by atoms with Gasteiger partial charge in [0.25, 0.3) is 0 Å². The van der Waals surface area contributed by atoms with Crippen LogP contribution in [-0.4, -0.2) is 72.7 Å². The van der Waals surface area contributed by atoms with Crippen molar-refractivity contribution in [2.24, 2.45) is 0 Å². The molecule has 0 rings (SSSR count). The average molecular weight is 259 g/mol. The summed E-state index contributed by atoms with van der Waals surface area (Å²) in [5.74, 6) is 0.0839. The maximum absolute atomic E-state index is 12.0. The van der Waals surface area contributed by atoms with Crippen LogP contribution in [0.4, 0.5) is 0 Å². The first kappa shape index (κ1) is 17.4. The summed E-state index contributed by atoms with van der Waals surface area (Å²) in [5.41, 5.74) is -0.832. The second-order valence-electron chi connectivity index (χ2n) is 5.35. The Bertz CT molecular complexity index is 251.